The number of alkyl halides is 3. The van der Waals surface area contributed by atoms with Crippen molar-refractivity contribution >= 4 is 40.4 Å². The molecule has 0 aliphatic carbocycles. The zero-order valence-corrected chi connectivity index (χ0v) is 24.8. The van der Waals surface area contributed by atoms with Crippen molar-refractivity contribution in [1.82, 2.24) is 24.8 Å². The number of likely N-dealkylation sites (tertiary alicyclic amines) is 1. The minimum atomic E-state index is -4.70. The Balaban J connectivity index is 1.57. The summed E-state index contributed by atoms with van der Waals surface area (Å²) >= 11 is 0. The number of aromatic nitrogens is 4. The standard InChI is InChI=1S/C30H30F3N7O5/c1-16-11-12-20(39(16)28(43)45-29(2,3)4)27(42)40(18-8-5-7-17(13-18)30(31,32)33)22-14-23(36-15-35-22)44-21-10-6-9-19-24(21)38-25(34)26(41)37-19/h5-10,13-16,20H,11-12H2,1-4H3,(H2,34,38)(H,37,41). The number of hydrogen-bond acceptors (Lipinski definition) is 9. The van der Waals surface area contributed by atoms with Gasteiger partial charge in [0.1, 0.15) is 29.3 Å². The monoisotopic (exact) mass is 625 g/mol. The number of rotatable bonds is 5. The van der Waals surface area contributed by atoms with E-state index in [1.54, 1.807) is 45.9 Å². The number of hydrogen-bond donors (Lipinski definition) is 2. The summed E-state index contributed by atoms with van der Waals surface area (Å²) < 4.78 is 52.7. The zero-order valence-electron chi connectivity index (χ0n) is 24.8. The van der Waals surface area contributed by atoms with Crippen LogP contribution in [0.25, 0.3) is 11.0 Å². The number of nitrogens with two attached hydrogens (primary N) is 1. The molecule has 1 fully saturated rings. The number of ether oxygens (including phenoxy) is 2. The molecule has 45 heavy (non-hydrogen) atoms. The van der Waals surface area contributed by atoms with Crippen molar-refractivity contribution in [2.45, 2.75) is 64.4 Å². The Kier molecular flexibility index (Phi) is 8.12. The second-order valence-corrected chi connectivity index (χ2v) is 11.5. The molecule has 236 valence electrons. The van der Waals surface area contributed by atoms with Crippen molar-refractivity contribution in [3.05, 3.63) is 70.8 Å². The van der Waals surface area contributed by atoms with E-state index in [1.165, 1.54) is 23.1 Å². The third kappa shape index (κ3) is 6.66. The number of carbonyl (C=O) groups is 2. The van der Waals surface area contributed by atoms with E-state index in [-0.39, 0.29) is 46.9 Å². The van der Waals surface area contributed by atoms with Crippen molar-refractivity contribution in [3.8, 4) is 11.6 Å². The van der Waals surface area contributed by atoms with Crippen LogP contribution in [0.1, 0.15) is 46.1 Å². The number of nitrogens with one attached hydrogen (secondary N) is 1. The van der Waals surface area contributed by atoms with E-state index in [0.717, 1.165) is 23.4 Å². The van der Waals surface area contributed by atoms with Gasteiger partial charge < -0.3 is 20.2 Å². The highest BCUT2D eigenvalue weighted by atomic mass is 19.4. The third-order valence-corrected chi connectivity index (χ3v) is 6.99. The number of amides is 2. The summed E-state index contributed by atoms with van der Waals surface area (Å²) in [5.41, 5.74) is 3.69. The smallest absolute Gasteiger partial charge is 0.416 e. The molecular weight excluding hydrogens is 595 g/mol. The molecule has 3 heterocycles. The summed E-state index contributed by atoms with van der Waals surface area (Å²) in [5, 5.41) is 0. The van der Waals surface area contributed by atoms with Crippen LogP contribution >= 0.6 is 0 Å². The molecule has 15 heteroatoms. The number of nitrogens with zero attached hydrogens (tertiary/aromatic N) is 5. The van der Waals surface area contributed by atoms with E-state index in [9.17, 15) is 27.6 Å². The molecule has 2 unspecified atom stereocenters. The number of nitrogen functional groups attached to an aromatic ring is 1. The fourth-order valence-electron chi connectivity index (χ4n) is 4.99. The molecule has 2 aromatic heterocycles. The van der Waals surface area contributed by atoms with Gasteiger partial charge in [-0.2, -0.15) is 13.2 Å². The van der Waals surface area contributed by atoms with Gasteiger partial charge in [-0.05, 0) is 70.9 Å². The van der Waals surface area contributed by atoms with Crippen molar-refractivity contribution in [2.24, 2.45) is 0 Å². The van der Waals surface area contributed by atoms with Crippen LogP contribution in [0.4, 0.5) is 35.3 Å². The van der Waals surface area contributed by atoms with Crippen LogP contribution in [0.5, 0.6) is 11.6 Å². The average Bonchev–Trinajstić information content (AvgIpc) is 3.35. The van der Waals surface area contributed by atoms with Gasteiger partial charge in [-0.15, -0.1) is 0 Å². The first-order valence-corrected chi connectivity index (χ1v) is 13.9. The summed E-state index contributed by atoms with van der Waals surface area (Å²) in [6.07, 6.45) is -3.63. The van der Waals surface area contributed by atoms with Crippen molar-refractivity contribution in [1.29, 1.82) is 0 Å². The lowest BCUT2D eigenvalue weighted by atomic mass is 10.1. The highest BCUT2D eigenvalue weighted by Crippen LogP contribution is 2.37. The Labute approximate surface area is 255 Å². The SMILES string of the molecule is CC1CCC(C(=O)N(c2cccc(C(F)(F)F)c2)c2cc(Oc3cccc4[nH]c(=O)c(N)nc34)ncn2)N1C(=O)OC(C)(C)C. The van der Waals surface area contributed by atoms with Gasteiger partial charge in [-0.1, -0.05) is 12.1 Å². The molecule has 5 rings (SSSR count). The molecule has 2 aromatic carbocycles. The largest absolute Gasteiger partial charge is 0.444 e. The summed E-state index contributed by atoms with van der Waals surface area (Å²) in [7, 11) is 0. The first kappa shape index (κ1) is 31.2. The van der Waals surface area contributed by atoms with E-state index in [4.69, 9.17) is 15.2 Å². The second kappa shape index (κ2) is 11.7. The fourth-order valence-corrected chi connectivity index (χ4v) is 4.99. The van der Waals surface area contributed by atoms with Gasteiger partial charge in [0.2, 0.25) is 5.88 Å². The predicted molar refractivity (Wildman–Crippen MR) is 158 cm³/mol. The van der Waals surface area contributed by atoms with E-state index < -0.39 is 40.9 Å². The first-order valence-electron chi connectivity index (χ1n) is 13.9. The zero-order chi connectivity index (χ0) is 32.7. The number of aromatic amines is 1. The van der Waals surface area contributed by atoms with Crippen LogP contribution in [-0.2, 0) is 15.7 Å². The number of anilines is 3. The Bertz CT molecular complexity index is 1820. The maximum atomic E-state index is 14.3. The van der Waals surface area contributed by atoms with E-state index in [1.807, 2.05) is 0 Å². The molecule has 0 radical (unpaired) electrons. The van der Waals surface area contributed by atoms with Gasteiger partial charge in [0.05, 0.1) is 16.8 Å². The van der Waals surface area contributed by atoms with Crippen molar-refractivity contribution in [3.63, 3.8) is 0 Å². The normalized spacial score (nSPS) is 16.9. The summed E-state index contributed by atoms with van der Waals surface area (Å²) in [6, 6.07) is 8.77. The maximum absolute atomic E-state index is 14.3. The van der Waals surface area contributed by atoms with E-state index in [2.05, 4.69) is 19.9 Å². The van der Waals surface area contributed by atoms with Gasteiger partial charge in [-0.25, -0.2) is 19.7 Å². The minimum absolute atomic E-state index is 0.0902. The van der Waals surface area contributed by atoms with Gasteiger partial charge in [-0.3, -0.25) is 19.4 Å². The molecule has 2 amide bonds. The number of halogens is 3. The molecule has 0 spiro atoms. The molecule has 2 atom stereocenters. The van der Waals surface area contributed by atoms with Crippen LogP contribution in [0, 0.1) is 0 Å². The summed E-state index contributed by atoms with van der Waals surface area (Å²) in [6.45, 7) is 6.84. The Morgan fingerprint density at radius 3 is 2.51 bits per heavy atom. The summed E-state index contributed by atoms with van der Waals surface area (Å²) in [4.78, 5) is 56.7. The molecule has 12 nitrogen and oxygen atoms in total. The summed E-state index contributed by atoms with van der Waals surface area (Å²) in [5.74, 6) is -1.05. The number of H-pyrrole nitrogens is 1. The van der Waals surface area contributed by atoms with Gasteiger partial charge >= 0.3 is 12.3 Å². The van der Waals surface area contributed by atoms with E-state index >= 15 is 0 Å². The quantitative estimate of drug-likeness (QED) is 0.290. The van der Waals surface area contributed by atoms with Crippen LogP contribution < -0.4 is 20.9 Å². The van der Waals surface area contributed by atoms with Crippen LogP contribution in [0.15, 0.2) is 59.7 Å². The molecular formula is C30H30F3N7O5. The van der Waals surface area contributed by atoms with E-state index in [0.29, 0.717) is 11.9 Å². The molecule has 0 saturated carbocycles. The Morgan fingerprint density at radius 2 is 1.80 bits per heavy atom. The molecule has 4 aromatic rings. The molecule has 1 aliphatic heterocycles. The Morgan fingerprint density at radius 1 is 1.07 bits per heavy atom. The highest BCUT2D eigenvalue weighted by molar-refractivity contribution is 6.04. The van der Waals surface area contributed by atoms with Crippen LogP contribution in [-0.4, -0.2) is 54.5 Å². The number of para-hydroxylation sites is 1. The lowest BCUT2D eigenvalue weighted by molar-refractivity contribution is -0.137. The molecule has 1 aliphatic rings. The lowest BCUT2D eigenvalue weighted by Gasteiger charge is -2.33. The van der Waals surface area contributed by atoms with Gasteiger partial charge in [0, 0.05) is 12.1 Å². The first-order chi connectivity index (χ1) is 21.1. The van der Waals surface area contributed by atoms with Crippen LogP contribution in [0.2, 0.25) is 0 Å². The maximum Gasteiger partial charge on any atom is 0.416 e. The lowest BCUT2D eigenvalue weighted by Crippen LogP contribution is -2.50. The van der Waals surface area contributed by atoms with Crippen molar-refractivity contribution in [2.75, 3.05) is 10.6 Å². The van der Waals surface area contributed by atoms with Crippen LogP contribution in [0.3, 0.4) is 0 Å². The van der Waals surface area contributed by atoms with Gasteiger partial charge in [0.15, 0.2) is 11.6 Å². The molecule has 1 saturated heterocycles. The number of fused-ring (bicyclic) bond motifs is 1. The highest BCUT2D eigenvalue weighted by Gasteiger charge is 2.44. The second-order valence-electron chi connectivity index (χ2n) is 11.5. The average molecular weight is 626 g/mol. The molecule has 0 bridgehead atoms. The van der Waals surface area contributed by atoms with Gasteiger partial charge in [0.25, 0.3) is 11.5 Å². The minimum Gasteiger partial charge on any atom is -0.444 e. The Hall–Kier alpha value is -5.21. The fraction of sp³-hybridized carbons (Fsp3) is 0.333. The molecule has 3 N–H and O–H groups in total. The topological polar surface area (TPSA) is 157 Å². The third-order valence-electron chi connectivity index (χ3n) is 6.99. The number of benzene rings is 2. The number of carbonyl (C=O) groups excluding carboxylic acids is 2. The van der Waals surface area contributed by atoms with Crippen molar-refractivity contribution < 1.29 is 32.2 Å². The predicted octanol–water partition coefficient (Wildman–Crippen LogP) is 5.56.